The Kier molecular flexibility index (Phi) is 4.11. The predicted octanol–water partition coefficient (Wildman–Crippen LogP) is 1.37. The lowest BCUT2D eigenvalue weighted by atomic mass is 10.1. The minimum absolute atomic E-state index is 0.120. The van der Waals surface area contributed by atoms with E-state index < -0.39 is 4.92 Å². The number of hydrogen-bond acceptors (Lipinski definition) is 4. The van der Waals surface area contributed by atoms with Gasteiger partial charge in [0.2, 0.25) is 0 Å². The van der Waals surface area contributed by atoms with Gasteiger partial charge in [0.05, 0.1) is 4.92 Å². The van der Waals surface area contributed by atoms with Crippen LogP contribution in [0.1, 0.15) is 17.3 Å². The highest BCUT2D eigenvalue weighted by Gasteiger charge is 2.26. The van der Waals surface area contributed by atoms with E-state index in [1.807, 2.05) is 0 Å². The molecule has 6 nitrogen and oxygen atoms in total. The molecule has 0 saturated carbocycles. The molecule has 102 valence electrons. The first-order valence-corrected chi connectivity index (χ1v) is 6.38. The number of hydrogen-bond donors (Lipinski definition) is 0. The highest BCUT2D eigenvalue weighted by Crippen LogP contribution is 2.20. The van der Waals surface area contributed by atoms with Crippen LogP contribution in [0.2, 0.25) is 0 Å². The average molecular weight is 263 g/mol. The number of nitro benzene ring substituents is 1. The second-order valence-corrected chi connectivity index (χ2v) is 4.50. The Hall–Kier alpha value is -1.95. The molecule has 2 rings (SSSR count). The Bertz CT molecular complexity index is 482. The Labute approximate surface area is 111 Å². The van der Waals surface area contributed by atoms with E-state index in [1.54, 1.807) is 17.0 Å². The second kappa shape index (κ2) is 5.79. The largest absolute Gasteiger partial charge is 0.336 e. The van der Waals surface area contributed by atoms with Gasteiger partial charge in [-0.05, 0) is 12.6 Å². The van der Waals surface area contributed by atoms with E-state index in [2.05, 4.69) is 11.8 Å². The van der Waals surface area contributed by atoms with Crippen molar-refractivity contribution in [1.29, 1.82) is 0 Å². The van der Waals surface area contributed by atoms with Crippen molar-refractivity contribution in [2.24, 2.45) is 0 Å². The Morgan fingerprint density at radius 1 is 1.26 bits per heavy atom. The topological polar surface area (TPSA) is 66.7 Å². The van der Waals surface area contributed by atoms with E-state index in [4.69, 9.17) is 0 Å². The summed E-state index contributed by atoms with van der Waals surface area (Å²) in [7, 11) is 0. The van der Waals surface area contributed by atoms with Gasteiger partial charge in [0.1, 0.15) is 5.56 Å². The minimum atomic E-state index is -0.504. The number of rotatable bonds is 3. The van der Waals surface area contributed by atoms with Gasteiger partial charge in [-0.1, -0.05) is 19.1 Å². The lowest BCUT2D eigenvalue weighted by molar-refractivity contribution is -0.385. The fourth-order valence-corrected chi connectivity index (χ4v) is 2.25. The van der Waals surface area contributed by atoms with Gasteiger partial charge in [-0.2, -0.15) is 0 Å². The number of nitro groups is 1. The van der Waals surface area contributed by atoms with E-state index in [-0.39, 0.29) is 17.2 Å². The number of carbonyl (C=O) groups is 1. The molecule has 1 aliphatic rings. The molecule has 0 spiro atoms. The molecule has 19 heavy (non-hydrogen) atoms. The minimum Gasteiger partial charge on any atom is -0.336 e. The molecule has 0 aromatic heterocycles. The number of nitrogens with zero attached hydrogens (tertiary/aromatic N) is 3. The summed E-state index contributed by atoms with van der Waals surface area (Å²) >= 11 is 0. The molecule has 0 radical (unpaired) electrons. The summed E-state index contributed by atoms with van der Waals surface area (Å²) in [6.45, 7) is 5.94. The van der Waals surface area contributed by atoms with Crippen molar-refractivity contribution in [3.63, 3.8) is 0 Å². The Balaban J connectivity index is 2.15. The monoisotopic (exact) mass is 263 g/mol. The molecule has 0 aliphatic carbocycles. The van der Waals surface area contributed by atoms with E-state index >= 15 is 0 Å². The number of amides is 1. The van der Waals surface area contributed by atoms with E-state index in [9.17, 15) is 14.9 Å². The Morgan fingerprint density at radius 3 is 2.47 bits per heavy atom. The van der Waals surface area contributed by atoms with Crippen molar-refractivity contribution in [3.8, 4) is 0 Å². The maximum atomic E-state index is 12.3. The number of piperazine rings is 1. The van der Waals surface area contributed by atoms with Crippen LogP contribution in [-0.4, -0.2) is 53.4 Å². The summed E-state index contributed by atoms with van der Waals surface area (Å²) in [5.74, 6) is -0.247. The highest BCUT2D eigenvalue weighted by molar-refractivity contribution is 5.98. The van der Waals surface area contributed by atoms with E-state index in [1.165, 1.54) is 12.1 Å². The zero-order chi connectivity index (χ0) is 13.8. The maximum absolute atomic E-state index is 12.3. The normalized spacial score (nSPS) is 16.4. The zero-order valence-corrected chi connectivity index (χ0v) is 10.9. The third-order valence-corrected chi connectivity index (χ3v) is 3.44. The van der Waals surface area contributed by atoms with Crippen LogP contribution in [0.15, 0.2) is 24.3 Å². The smallest absolute Gasteiger partial charge is 0.282 e. The molecular weight excluding hydrogens is 246 g/mol. The number of para-hydroxylation sites is 1. The predicted molar refractivity (Wildman–Crippen MR) is 71.1 cm³/mol. The quantitative estimate of drug-likeness (QED) is 0.610. The second-order valence-electron chi connectivity index (χ2n) is 4.50. The van der Waals surface area contributed by atoms with Crippen molar-refractivity contribution in [2.45, 2.75) is 6.92 Å². The summed E-state index contributed by atoms with van der Waals surface area (Å²) in [6.07, 6.45) is 0. The fraction of sp³-hybridized carbons (Fsp3) is 0.462. The first-order valence-electron chi connectivity index (χ1n) is 6.38. The molecule has 0 unspecified atom stereocenters. The summed E-state index contributed by atoms with van der Waals surface area (Å²) in [6, 6.07) is 6.12. The lowest BCUT2D eigenvalue weighted by Gasteiger charge is -2.33. The van der Waals surface area contributed by atoms with Crippen LogP contribution < -0.4 is 0 Å². The molecule has 0 N–H and O–H groups in total. The van der Waals surface area contributed by atoms with Crippen molar-refractivity contribution < 1.29 is 9.72 Å². The van der Waals surface area contributed by atoms with Crippen molar-refractivity contribution >= 4 is 11.6 Å². The van der Waals surface area contributed by atoms with Crippen LogP contribution in [-0.2, 0) is 0 Å². The van der Waals surface area contributed by atoms with Crippen LogP contribution in [0, 0.1) is 10.1 Å². The highest BCUT2D eigenvalue weighted by atomic mass is 16.6. The first kappa shape index (κ1) is 13.5. The van der Waals surface area contributed by atoms with Gasteiger partial charge in [-0.25, -0.2) is 0 Å². The molecule has 1 aliphatic heterocycles. The van der Waals surface area contributed by atoms with Crippen molar-refractivity contribution in [1.82, 2.24) is 9.80 Å². The van der Waals surface area contributed by atoms with E-state index in [0.717, 1.165) is 19.6 Å². The molecule has 1 amide bonds. The SMILES string of the molecule is CCN1CCN(C(=O)c2ccccc2[N+](=O)[O-])CC1. The molecule has 1 aromatic rings. The molecule has 1 fully saturated rings. The fourth-order valence-electron chi connectivity index (χ4n) is 2.25. The number of carbonyl (C=O) groups excluding carboxylic acids is 1. The van der Waals surface area contributed by atoms with Gasteiger partial charge < -0.3 is 9.80 Å². The van der Waals surface area contributed by atoms with Gasteiger partial charge in [0.25, 0.3) is 11.6 Å². The standard InChI is InChI=1S/C13H17N3O3/c1-2-14-7-9-15(10-8-14)13(17)11-5-3-4-6-12(11)16(18)19/h3-6H,2,7-10H2,1H3. The van der Waals surface area contributed by atoms with Gasteiger partial charge in [0.15, 0.2) is 0 Å². The van der Waals surface area contributed by atoms with Crippen molar-refractivity contribution in [2.75, 3.05) is 32.7 Å². The average Bonchev–Trinajstić information content (AvgIpc) is 2.46. The summed E-state index contributed by atoms with van der Waals surface area (Å²) in [5, 5.41) is 10.9. The van der Waals surface area contributed by atoms with Crippen LogP contribution in [0.3, 0.4) is 0 Å². The number of benzene rings is 1. The van der Waals surface area contributed by atoms with Gasteiger partial charge >= 0.3 is 0 Å². The molecule has 1 aromatic carbocycles. The van der Waals surface area contributed by atoms with Crippen LogP contribution in [0.25, 0.3) is 0 Å². The van der Waals surface area contributed by atoms with Gasteiger partial charge in [-0.15, -0.1) is 0 Å². The molecule has 0 bridgehead atoms. The third kappa shape index (κ3) is 2.90. The van der Waals surface area contributed by atoms with Crippen molar-refractivity contribution in [3.05, 3.63) is 39.9 Å². The molecule has 0 atom stereocenters. The summed E-state index contributed by atoms with van der Waals surface area (Å²) in [4.78, 5) is 26.7. The lowest BCUT2D eigenvalue weighted by Crippen LogP contribution is -2.48. The molecule has 1 saturated heterocycles. The summed E-state index contributed by atoms with van der Waals surface area (Å²) in [5.41, 5.74) is 0.0582. The maximum Gasteiger partial charge on any atom is 0.282 e. The van der Waals surface area contributed by atoms with E-state index in [0.29, 0.717) is 13.1 Å². The van der Waals surface area contributed by atoms with Crippen LogP contribution >= 0.6 is 0 Å². The summed E-state index contributed by atoms with van der Waals surface area (Å²) < 4.78 is 0. The first-order chi connectivity index (χ1) is 9.13. The van der Waals surface area contributed by atoms with Gasteiger partial charge in [0, 0.05) is 32.2 Å². The van der Waals surface area contributed by atoms with Crippen LogP contribution in [0.5, 0.6) is 0 Å². The molecule has 1 heterocycles. The zero-order valence-electron chi connectivity index (χ0n) is 10.9. The van der Waals surface area contributed by atoms with Crippen LogP contribution in [0.4, 0.5) is 5.69 Å². The molecule has 6 heteroatoms. The van der Waals surface area contributed by atoms with Gasteiger partial charge in [-0.3, -0.25) is 14.9 Å². The Morgan fingerprint density at radius 2 is 1.89 bits per heavy atom. The number of likely N-dealkylation sites (N-methyl/N-ethyl adjacent to an activating group) is 1. The third-order valence-electron chi connectivity index (χ3n) is 3.44. The molecular formula is C13H17N3O3.